The number of aromatic nitrogens is 4. The summed E-state index contributed by atoms with van der Waals surface area (Å²) in [6.45, 7) is -1.76. The maximum atomic E-state index is 14.9. The minimum absolute atomic E-state index is 0.00679. The number of hydrogen-bond donors (Lipinski definition) is 4. The monoisotopic (exact) mass is 870 g/mol. The zero-order chi connectivity index (χ0) is 44.1. The number of likely N-dealkylation sites (tertiary alicyclic amines) is 2. The quantitative estimate of drug-likeness (QED) is 0.152. The van der Waals surface area contributed by atoms with E-state index in [1.54, 1.807) is 50.1 Å². The molecular weight excluding hydrogens is 822 g/mol. The molecule has 17 nitrogen and oxygen atoms in total. The fourth-order valence-electron chi connectivity index (χ4n) is 9.60. The SMILES string of the molecule is Cn1c2c(c(=O)[nH]c1=O)N(Cc1cccc(F)c1)C(N1CCCC(N)C1)N2N1c2c(c(=O)[nH]c(=O)n2Cc2ccccc2)N(Cc2ccccc2OC(F)F)C1N1CCCC(N)C1. The first-order valence-corrected chi connectivity index (χ1v) is 21.0. The van der Waals surface area contributed by atoms with E-state index in [1.165, 1.54) is 34.4 Å². The maximum Gasteiger partial charge on any atom is 0.387 e. The van der Waals surface area contributed by atoms with E-state index in [9.17, 15) is 32.3 Å². The highest BCUT2D eigenvalue weighted by atomic mass is 19.3. The van der Waals surface area contributed by atoms with Crippen LogP contribution < -0.4 is 58.5 Å². The van der Waals surface area contributed by atoms with Gasteiger partial charge in [0.25, 0.3) is 11.1 Å². The normalized spacial score (nSPS) is 21.6. The van der Waals surface area contributed by atoms with Crippen molar-refractivity contribution in [3.8, 4) is 5.75 Å². The summed E-state index contributed by atoms with van der Waals surface area (Å²) in [6.07, 6.45) is 0.752. The van der Waals surface area contributed by atoms with E-state index in [0.717, 1.165) is 12.0 Å². The number of halogens is 3. The van der Waals surface area contributed by atoms with Crippen LogP contribution in [0, 0.1) is 5.82 Å². The highest BCUT2D eigenvalue weighted by Crippen LogP contribution is 2.48. The van der Waals surface area contributed by atoms with Crippen molar-refractivity contribution in [2.24, 2.45) is 18.5 Å². The highest BCUT2D eigenvalue weighted by Gasteiger charge is 2.55. The molecule has 0 amide bonds. The Morgan fingerprint density at radius 3 is 1.90 bits per heavy atom. The molecule has 6 heterocycles. The zero-order valence-corrected chi connectivity index (χ0v) is 34.6. The lowest BCUT2D eigenvalue weighted by Gasteiger charge is -2.50. The molecule has 2 aromatic heterocycles. The van der Waals surface area contributed by atoms with Gasteiger partial charge in [0.15, 0.2) is 24.2 Å². The van der Waals surface area contributed by atoms with Crippen LogP contribution in [0.25, 0.3) is 0 Å². The third kappa shape index (κ3) is 7.87. The van der Waals surface area contributed by atoms with Crippen LogP contribution in [-0.4, -0.2) is 86.4 Å². The Labute approximate surface area is 359 Å². The summed E-state index contributed by atoms with van der Waals surface area (Å²) in [5.41, 5.74) is 12.1. The first kappa shape index (κ1) is 42.0. The highest BCUT2D eigenvalue weighted by molar-refractivity contribution is 5.82. The van der Waals surface area contributed by atoms with Crippen molar-refractivity contribution >= 4 is 23.0 Å². The second-order valence-corrected chi connectivity index (χ2v) is 16.5. The Kier molecular flexibility index (Phi) is 11.4. The van der Waals surface area contributed by atoms with E-state index in [0.29, 0.717) is 56.6 Å². The minimum Gasteiger partial charge on any atom is -0.434 e. The first-order valence-electron chi connectivity index (χ1n) is 21.0. The van der Waals surface area contributed by atoms with Gasteiger partial charge in [0.1, 0.15) is 22.9 Å². The molecule has 0 aliphatic carbocycles. The molecular formula is C43H49F3N12O5. The molecule has 0 spiro atoms. The predicted molar refractivity (Wildman–Crippen MR) is 231 cm³/mol. The van der Waals surface area contributed by atoms with E-state index in [1.807, 2.05) is 30.3 Å². The molecule has 0 bridgehead atoms. The van der Waals surface area contributed by atoms with Gasteiger partial charge in [0.05, 0.1) is 13.1 Å². The molecule has 20 heteroatoms. The van der Waals surface area contributed by atoms with Gasteiger partial charge in [-0.25, -0.2) is 24.0 Å². The van der Waals surface area contributed by atoms with Gasteiger partial charge in [-0.2, -0.15) is 8.78 Å². The summed E-state index contributed by atoms with van der Waals surface area (Å²) in [5.74, 6) is -0.358. The van der Waals surface area contributed by atoms with Crippen molar-refractivity contribution in [2.45, 2.75) is 76.6 Å². The number of hydrogen-bond acceptors (Lipinski definition) is 13. The number of nitrogens with one attached hydrogen (secondary N) is 2. The van der Waals surface area contributed by atoms with Gasteiger partial charge in [-0.3, -0.25) is 38.5 Å². The Morgan fingerprint density at radius 2 is 1.27 bits per heavy atom. The fraction of sp³-hybridized carbons (Fsp3) is 0.395. The summed E-state index contributed by atoms with van der Waals surface area (Å²) in [5, 5.41) is 3.55. The van der Waals surface area contributed by atoms with Crippen LogP contribution >= 0.6 is 0 Å². The number of piperidine rings is 2. The number of anilines is 4. The van der Waals surface area contributed by atoms with Crippen LogP contribution in [0.3, 0.4) is 0 Å². The van der Waals surface area contributed by atoms with Gasteiger partial charge in [-0.1, -0.05) is 60.7 Å². The van der Waals surface area contributed by atoms with Crippen LogP contribution in [0.5, 0.6) is 5.75 Å². The molecule has 0 radical (unpaired) electrons. The van der Waals surface area contributed by atoms with Gasteiger partial charge in [-0.15, -0.1) is 0 Å². The number of nitrogens with zero attached hydrogens (tertiary/aromatic N) is 8. The summed E-state index contributed by atoms with van der Waals surface area (Å²) in [4.78, 5) is 70.1. The Hall–Kier alpha value is -6.35. The van der Waals surface area contributed by atoms with Crippen LogP contribution in [0.15, 0.2) is 98.0 Å². The molecule has 5 aromatic rings. The lowest BCUT2D eigenvalue weighted by molar-refractivity contribution is -0.0504. The lowest BCUT2D eigenvalue weighted by Crippen LogP contribution is -2.69. The third-order valence-corrected chi connectivity index (χ3v) is 12.2. The molecule has 4 aliphatic rings. The second kappa shape index (κ2) is 17.1. The van der Waals surface area contributed by atoms with E-state index >= 15 is 0 Å². The average Bonchev–Trinajstić information content (AvgIpc) is 3.75. The molecule has 63 heavy (non-hydrogen) atoms. The minimum atomic E-state index is -3.15. The van der Waals surface area contributed by atoms with Gasteiger partial charge in [-0.05, 0) is 55.0 Å². The van der Waals surface area contributed by atoms with Gasteiger partial charge in [0.2, 0.25) is 0 Å². The summed E-state index contributed by atoms with van der Waals surface area (Å²) in [6, 6.07) is 20.9. The summed E-state index contributed by atoms with van der Waals surface area (Å²) >= 11 is 0. The van der Waals surface area contributed by atoms with Gasteiger partial charge < -0.3 is 26.0 Å². The summed E-state index contributed by atoms with van der Waals surface area (Å²) < 4.78 is 50.6. The van der Waals surface area contributed by atoms with Crippen LogP contribution in [0.4, 0.5) is 36.2 Å². The van der Waals surface area contributed by atoms with Crippen molar-refractivity contribution in [1.29, 1.82) is 0 Å². The molecule has 2 saturated heterocycles. The number of ether oxygens (including phenoxy) is 1. The van der Waals surface area contributed by atoms with Gasteiger partial charge >= 0.3 is 18.0 Å². The van der Waals surface area contributed by atoms with Gasteiger partial charge in [0, 0.05) is 57.4 Å². The average molecular weight is 871 g/mol. The number of H-pyrrole nitrogens is 2. The molecule has 4 aliphatic heterocycles. The number of alkyl halides is 2. The van der Waals surface area contributed by atoms with E-state index in [4.69, 9.17) is 16.2 Å². The molecule has 4 atom stereocenters. The number of nitrogens with two attached hydrogens (primary N) is 2. The predicted octanol–water partition coefficient (Wildman–Crippen LogP) is 2.39. The standard InChI is InChI=1S/C43H49F3N12O5/c1-51-37-33(35(59)49-40(51)61)54(22-27-12-7-14-29(44)20-27)42(52-18-8-15-30(47)24-52)57(37)58-38-34(36(60)50-41(62)56(38)21-26-10-3-2-4-11-26)55(43(58)53-19-9-16-31(48)25-53)23-28-13-5-6-17-32(28)63-39(45)46/h2-7,10-14,17,20,30-31,39,42-43H,8-9,15-16,18-19,21-25,47-48H2,1H3,(H,49,59,61)(H,50,60,62). The van der Waals surface area contributed by atoms with E-state index < -0.39 is 47.5 Å². The smallest absolute Gasteiger partial charge is 0.387 e. The maximum absolute atomic E-state index is 14.9. The molecule has 6 N–H and O–H groups in total. The molecule has 3 aromatic carbocycles. The number of benzene rings is 3. The number of rotatable bonds is 11. The Bertz CT molecular complexity index is 2730. The number of fused-ring (bicyclic) bond motifs is 2. The van der Waals surface area contributed by atoms with Crippen LogP contribution in [-0.2, 0) is 26.7 Å². The molecule has 332 valence electrons. The Balaban J connectivity index is 1.36. The van der Waals surface area contributed by atoms with Crippen molar-refractivity contribution in [3.05, 3.63) is 143 Å². The van der Waals surface area contributed by atoms with Crippen molar-refractivity contribution in [2.75, 3.05) is 46.0 Å². The molecule has 4 unspecified atom stereocenters. The molecule has 0 saturated carbocycles. The van der Waals surface area contributed by atoms with Crippen LogP contribution in [0.1, 0.15) is 42.4 Å². The number of hydrazine groups is 1. The largest absolute Gasteiger partial charge is 0.434 e. The van der Waals surface area contributed by atoms with Crippen molar-refractivity contribution < 1.29 is 17.9 Å². The lowest BCUT2D eigenvalue weighted by atomic mass is 10.1. The fourth-order valence-corrected chi connectivity index (χ4v) is 9.60. The third-order valence-electron chi connectivity index (χ3n) is 12.2. The number of aromatic amines is 2. The molecule has 9 rings (SSSR count). The van der Waals surface area contributed by atoms with E-state index in [2.05, 4.69) is 19.8 Å². The van der Waals surface area contributed by atoms with Crippen molar-refractivity contribution in [1.82, 2.24) is 28.9 Å². The second-order valence-electron chi connectivity index (χ2n) is 16.5. The van der Waals surface area contributed by atoms with E-state index in [-0.39, 0.29) is 60.5 Å². The molecule has 2 fully saturated rings. The van der Waals surface area contributed by atoms with Crippen molar-refractivity contribution in [3.63, 3.8) is 0 Å². The summed E-state index contributed by atoms with van der Waals surface area (Å²) in [7, 11) is 1.52. The first-order chi connectivity index (χ1) is 30.4. The van der Waals surface area contributed by atoms with Crippen LogP contribution in [0.2, 0.25) is 0 Å². The number of para-hydroxylation sites is 1. The zero-order valence-electron chi connectivity index (χ0n) is 34.6. The Morgan fingerprint density at radius 1 is 0.698 bits per heavy atom. The topological polar surface area (TPSA) is 190 Å².